The van der Waals surface area contributed by atoms with Crippen molar-refractivity contribution < 1.29 is 19.1 Å². The molecule has 7 nitrogen and oxygen atoms in total. The second kappa shape index (κ2) is 15.8. The molecule has 0 saturated heterocycles. The quantitative estimate of drug-likeness (QED) is 0.111. The number of hydrazone groups is 1. The van der Waals surface area contributed by atoms with E-state index >= 15 is 0 Å². The number of anilines is 1. The molecule has 0 aliphatic heterocycles. The number of hydrogen-bond donors (Lipinski definition) is 2. The molecule has 3 aromatic rings. The van der Waals surface area contributed by atoms with Crippen LogP contribution in [0.4, 0.5) is 5.69 Å². The molecule has 0 aromatic heterocycles. The van der Waals surface area contributed by atoms with Crippen LogP contribution in [0.1, 0.15) is 48.4 Å². The molecule has 2 N–H and O–H groups in total. The summed E-state index contributed by atoms with van der Waals surface area (Å²) in [5.41, 5.74) is 6.66. The second-order valence-electron chi connectivity index (χ2n) is 8.96. The molecule has 0 aliphatic carbocycles. The summed E-state index contributed by atoms with van der Waals surface area (Å²) >= 11 is 9.54. The fraction of sp³-hybridized carbons (Fsp3) is 0.258. The Hall–Kier alpha value is -3.62. The van der Waals surface area contributed by atoms with Crippen molar-refractivity contribution in [3.05, 3.63) is 99.0 Å². The topological polar surface area (TPSA) is 89.0 Å². The normalized spacial score (nSPS) is 10.8. The van der Waals surface area contributed by atoms with Crippen LogP contribution in [0.2, 0.25) is 5.02 Å². The number of amides is 2. The van der Waals surface area contributed by atoms with Gasteiger partial charge in [0.05, 0.1) is 12.8 Å². The Kier molecular flexibility index (Phi) is 12.2. The molecule has 9 heteroatoms. The molecule has 0 radical (unpaired) electrons. The zero-order valence-electron chi connectivity index (χ0n) is 22.6. The molecule has 40 heavy (non-hydrogen) atoms. The first-order valence-electron chi connectivity index (χ1n) is 13.0. The predicted octanol–water partition coefficient (Wildman–Crippen LogP) is 7.38. The summed E-state index contributed by atoms with van der Waals surface area (Å²) in [7, 11) is 0. The van der Waals surface area contributed by atoms with E-state index in [1.165, 1.54) is 0 Å². The standard InChI is InChI=1S/C31H33BrClN3O4/c1-4-8-24-17-23(18-28(39-5-2)31(24)40-20-22-13-15-25(32)16-14-22)19-34-36-30(38)12-7-11-29(37)35-27-10-6-9-26(33)21(27)3/h4,6,9-10,13-19H,1,5,7-8,11-12,20H2,2-3H3,(H,35,37)(H,36,38)/b34-19-. The number of rotatable bonds is 14. The van der Waals surface area contributed by atoms with Crippen LogP contribution in [-0.2, 0) is 22.6 Å². The molecule has 0 spiro atoms. The number of carbonyl (C=O) groups is 2. The summed E-state index contributed by atoms with van der Waals surface area (Å²) in [5, 5.41) is 7.51. The molecular weight excluding hydrogens is 594 g/mol. The highest BCUT2D eigenvalue weighted by Crippen LogP contribution is 2.34. The highest BCUT2D eigenvalue weighted by atomic mass is 79.9. The van der Waals surface area contributed by atoms with Gasteiger partial charge in [-0.05, 0) is 79.8 Å². The lowest BCUT2D eigenvalue weighted by molar-refractivity contribution is -0.121. The van der Waals surface area contributed by atoms with Gasteiger partial charge in [-0.15, -0.1) is 6.58 Å². The van der Waals surface area contributed by atoms with Gasteiger partial charge < -0.3 is 14.8 Å². The molecule has 0 bridgehead atoms. The minimum absolute atomic E-state index is 0.161. The van der Waals surface area contributed by atoms with Crippen molar-refractivity contribution in [1.29, 1.82) is 0 Å². The molecule has 0 atom stereocenters. The summed E-state index contributed by atoms with van der Waals surface area (Å²) in [6.07, 6.45) is 4.67. The number of ether oxygens (including phenoxy) is 2. The van der Waals surface area contributed by atoms with Crippen molar-refractivity contribution in [3.63, 3.8) is 0 Å². The highest BCUT2D eigenvalue weighted by Gasteiger charge is 2.14. The monoisotopic (exact) mass is 625 g/mol. The van der Waals surface area contributed by atoms with E-state index in [4.69, 9.17) is 21.1 Å². The maximum Gasteiger partial charge on any atom is 0.240 e. The molecule has 0 heterocycles. The third-order valence-electron chi connectivity index (χ3n) is 5.87. The van der Waals surface area contributed by atoms with Gasteiger partial charge in [-0.1, -0.05) is 51.8 Å². The van der Waals surface area contributed by atoms with Crippen LogP contribution in [0.3, 0.4) is 0 Å². The SMILES string of the molecule is C=CCc1cc(/C=N\NC(=O)CCCC(=O)Nc2cccc(Cl)c2C)cc(OCC)c1OCc1ccc(Br)cc1. The van der Waals surface area contributed by atoms with Crippen molar-refractivity contribution in [1.82, 2.24) is 5.43 Å². The van der Waals surface area contributed by atoms with Gasteiger partial charge in [0, 0.05) is 33.6 Å². The number of benzene rings is 3. The number of halogens is 2. The van der Waals surface area contributed by atoms with Crippen LogP contribution in [0.5, 0.6) is 11.5 Å². The highest BCUT2D eigenvalue weighted by molar-refractivity contribution is 9.10. The second-order valence-corrected chi connectivity index (χ2v) is 10.3. The largest absolute Gasteiger partial charge is 0.490 e. The van der Waals surface area contributed by atoms with Crippen LogP contribution in [0, 0.1) is 6.92 Å². The summed E-state index contributed by atoms with van der Waals surface area (Å²) in [6, 6.07) is 17.0. The van der Waals surface area contributed by atoms with Crippen molar-refractivity contribution in [2.45, 2.75) is 46.1 Å². The van der Waals surface area contributed by atoms with Crippen LogP contribution >= 0.6 is 27.5 Å². The average Bonchev–Trinajstić information content (AvgIpc) is 2.92. The lowest BCUT2D eigenvalue weighted by atomic mass is 10.1. The van der Waals surface area contributed by atoms with Crippen LogP contribution in [0.25, 0.3) is 0 Å². The van der Waals surface area contributed by atoms with E-state index in [2.05, 4.69) is 38.4 Å². The predicted molar refractivity (Wildman–Crippen MR) is 164 cm³/mol. The van der Waals surface area contributed by atoms with E-state index in [1.54, 1.807) is 30.5 Å². The Labute approximate surface area is 248 Å². The zero-order valence-corrected chi connectivity index (χ0v) is 25.0. The van der Waals surface area contributed by atoms with Gasteiger partial charge in [-0.2, -0.15) is 5.10 Å². The van der Waals surface area contributed by atoms with Crippen molar-refractivity contribution in [2.24, 2.45) is 5.10 Å². The van der Waals surface area contributed by atoms with E-state index in [9.17, 15) is 9.59 Å². The Morgan fingerprint density at radius 3 is 2.55 bits per heavy atom. The maximum absolute atomic E-state index is 12.3. The molecule has 3 rings (SSSR count). The minimum atomic E-state index is -0.284. The molecule has 210 valence electrons. The van der Waals surface area contributed by atoms with E-state index < -0.39 is 0 Å². The van der Waals surface area contributed by atoms with Gasteiger partial charge in [-0.25, -0.2) is 5.43 Å². The van der Waals surface area contributed by atoms with Gasteiger partial charge in [-0.3, -0.25) is 9.59 Å². The van der Waals surface area contributed by atoms with E-state index in [0.717, 1.165) is 26.7 Å². The lowest BCUT2D eigenvalue weighted by Gasteiger charge is -2.17. The first kappa shape index (κ1) is 30.9. The molecule has 3 aromatic carbocycles. The van der Waals surface area contributed by atoms with Crippen molar-refractivity contribution >= 4 is 51.2 Å². The van der Waals surface area contributed by atoms with Gasteiger partial charge >= 0.3 is 0 Å². The van der Waals surface area contributed by atoms with Gasteiger partial charge in [0.1, 0.15) is 6.61 Å². The Balaban J connectivity index is 1.57. The number of carbonyl (C=O) groups excluding carboxylic acids is 2. The molecule has 0 aliphatic rings. The first-order valence-corrected chi connectivity index (χ1v) is 14.1. The molecule has 0 unspecified atom stereocenters. The van der Waals surface area contributed by atoms with Gasteiger partial charge in [0.2, 0.25) is 11.8 Å². The van der Waals surface area contributed by atoms with Crippen LogP contribution in [-0.4, -0.2) is 24.6 Å². The average molecular weight is 627 g/mol. The Bertz CT molecular complexity index is 1360. The smallest absolute Gasteiger partial charge is 0.240 e. The first-order chi connectivity index (χ1) is 19.3. The summed E-state index contributed by atoms with van der Waals surface area (Å²) in [6.45, 7) is 8.46. The molecule has 2 amide bonds. The van der Waals surface area contributed by atoms with Crippen LogP contribution in [0.15, 0.2) is 76.8 Å². The van der Waals surface area contributed by atoms with E-state index in [1.807, 2.05) is 50.2 Å². The third kappa shape index (κ3) is 9.54. The lowest BCUT2D eigenvalue weighted by Crippen LogP contribution is -2.18. The number of hydrogen-bond acceptors (Lipinski definition) is 5. The number of nitrogens with one attached hydrogen (secondary N) is 2. The fourth-order valence-corrected chi connectivity index (χ4v) is 4.27. The summed E-state index contributed by atoms with van der Waals surface area (Å²) in [4.78, 5) is 24.5. The van der Waals surface area contributed by atoms with Gasteiger partial charge in [0.25, 0.3) is 0 Å². The molecule has 0 fully saturated rings. The van der Waals surface area contributed by atoms with Crippen molar-refractivity contribution in [2.75, 3.05) is 11.9 Å². The number of allylic oxidation sites excluding steroid dienone is 1. The summed E-state index contributed by atoms with van der Waals surface area (Å²) in [5.74, 6) is 0.779. The third-order valence-corrected chi connectivity index (χ3v) is 6.81. The Morgan fingerprint density at radius 2 is 1.82 bits per heavy atom. The zero-order chi connectivity index (χ0) is 28.9. The fourth-order valence-electron chi connectivity index (χ4n) is 3.83. The molecular formula is C31H33BrClN3O4. The van der Waals surface area contributed by atoms with Crippen LogP contribution < -0.4 is 20.2 Å². The Morgan fingerprint density at radius 1 is 1.07 bits per heavy atom. The van der Waals surface area contributed by atoms with E-state index in [-0.39, 0.29) is 24.7 Å². The van der Waals surface area contributed by atoms with E-state index in [0.29, 0.717) is 48.3 Å². The maximum atomic E-state index is 12.3. The van der Waals surface area contributed by atoms with Crippen molar-refractivity contribution in [3.8, 4) is 11.5 Å². The number of nitrogens with zero attached hydrogens (tertiary/aromatic N) is 1. The summed E-state index contributed by atoms with van der Waals surface area (Å²) < 4.78 is 13.0. The van der Waals surface area contributed by atoms with Gasteiger partial charge in [0.15, 0.2) is 11.5 Å². The minimum Gasteiger partial charge on any atom is -0.490 e. The molecule has 0 saturated carbocycles.